The summed E-state index contributed by atoms with van der Waals surface area (Å²) < 4.78 is 0. The molecular weight excluding hydrogens is 280 g/mol. The summed E-state index contributed by atoms with van der Waals surface area (Å²) in [6.45, 7) is 2.88. The van der Waals surface area contributed by atoms with E-state index in [1.807, 2.05) is 30.3 Å². The molecule has 2 unspecified atom stereocenters. The number of H-pyrrole nitrogens is 1. The first kappa shape index (κ1) is 14.7. The average molecular weight is 302 g/mol. The van der Waals surface area contributed by atoms with Crippen LogP contribution in [0.1, 0.15) is 31.7 Å². The minimum Gasteiger partial charge on any atom is -0.322 e. The Labute approximate surface area is 129 Å². The normalized spacial score (nSPS) is 22.0. The molecule has 0 amide bonds. The predicted molar refractivity (Wildman–Crippen MR) is 91.0 cm³/mol. The fraction of sp³-hybridized carbons (Fsp3) is 0.471. The molecule has 0 bridgehead atoms. The molecule has 2 atom stereocenters. The van der Waals surface area contributed by atoms with Gasteiger partial charge >= 0.3 is 0 Å². The summed E-state index contributed by atoms with van der Waals surface area (Å²) in [5.74, 6) is 1.20. The van der Waals surface area contributed by atoms with Gasteiger partial charge in [-0.05, 0) is 42.5 Å². The van der Waals surface area contributed by atoms with E-state index in [2.05, 4.69) is 29.0 Å². The molecule has 21 heavy (non-hydrogen) atoms. The van der Waals surface area contributed by atoms with E-state index in [-0.39, 0.29) is 5.56 Å². The van der Waals surface area contributed by atoms with Gasteiger partial charge in [0.1, 0.15) is 0 Å². The summed E-state index contributed by atoms with van der Waals surface area (Å²) in [6.07, 6.45) is 3.75. The number of nitrogens with one attached hydrogen (secondary N) is 2. The molecule has 2 aromatic rings. The van der Waals surface area contributed by atoms with E-state index < -0.39 is 0 Å². The molecule has 1 aromatic carbocycles. The summed E-state index contributed by atoms with van der Waals surface area (Å²) in [5.41, 5.74) is 1.77. The van der Waals surface area contributed by atoms with Crippen LogP contribution < -0.4 is 10.9 Å². The molecule has 0 radical (unpaired) electrons. The second kappa shape index (κ2) is 6.67. The Morgan fingerprint density at radius 3 is 3.05 bits per heavy atom. The summed E-state index contributed by atoms with van der Waals surface area (Å²) in [5, 5.41) is 5.45. The third-order valence-corrected chi connectivity index (χ3v) is 5.43. The molecule has 1 aliphatic rings. The number of pyridine rings is 1. The Morgan fingerprint density at radius 1 is 1.33 bits per heavy atom. The van der Waals surface area contributed by atoms with Crippen molar-refractivity contribution in [1.29, 1.82) is 0 Å². The zero-order valence-corrected chi connectivity index (χ0v) is 13.2. The zero-order chi connectivity index (χ0) is 14.7. The van der Waals surface area contributed by atoms with Crippen LogP contribution in [0.5, 0.6) is 0 Å². The van der Waals surface area contributed by atoms with Crippen molar-refractivity contribution in [2.24, 2.45) is 0 Å². The van der Waals surface area contributed by atoms with Gasteiger partial charge in [0.15, 0.2) is 0 Å². The lowest BCUT2D eigenvalue weighted by atomic mass is 10.1. The number of fused-ring (bicyclic) bond motifs is 1. The van der Waals surface area contributed by atoms with Crippen LogP contribution in [0.2, 0.25) is 0 Å². The molecule has 4 heteroatoms. The van der Waals surface area contributed by atoms with Crippen molar-refractivity contribution >= 4 is 22.7 Å². The van der Waals surface area contributed by atoms with Gasteiger partial charge < -0.3 is 10.3 Å². The van der Waals surface area contributed by atoms with Crippen molar-refractivity contribution in [1.82, 2.24) is 10.3 Å². The van der Waals surface area contributed by atoms with Crippen molar-refractivity contribution < 1.29 is 0 Å². The van der Waals surface area contributed by atoms with Crippen LogP contribution in [0.25, 0.3) is 10.9 Å². The number of hydrogen-bond acceptors (Lipinski definition) is 3. The number of aromatic amines is 1. The molecule has 1 saturated carbocycles. The Morgan fingerprint density at radius 2 is 2.19 bits per heavy atom. The van der Waals surface area contributed by atoms with Crippen molar-refractivity contribution in [3.63, 3.8) is 0 Å². The minimum atomic E-state index is 0.0266. The van der Waals surface area contributed by atoms with Gasteiger partial charge in [-0.25, -0.2) is 0 Å². The van der Waals surface area contributed by atoms with Crippen molar-refractivity contribution in [3.05, 3.63) is 46.2 Å². The van der Waals surface area contributed by atoms with Gasteiger partial charge in [0, 0.05) is 28.9 Å². The molecule has 1 aliphatic carbocycles. The van der Waals surface area contributed by atoms with E-state index in [1.165, 1.54) is 25.0 Å². The fourth-order valence-electron chi connectivity index (χ4n) is 3.09. The molecule has 1 heterocycles. The molecule has 3 nitrogen and oxygen atoms in total. The van der Waals surface area contributed by atoms with Crippen molar-refractivity contribution in [2.45, 2.75) is 44.0 Å². The van der Waals surface area contributed by atoms with Crippen LogP contribution in [-0.2, 0) is 6.54 Å². The van der Waals surface area contributed by atoms with E-state index in [1.54, 1.807) is 0 Å². The largest absolute Gasteiger partial charge is 0.322 e. The van der Waals surface area contributed by atoms with Gasteiger partial charge in [-0.15, -0.1) is 0 Å². The maximum Gasteiger partial charge on any atom is 0.252 e. The first-order valence-electron chi connectivity index (χ1n) is 7.72. The third kappa shape index (κ3) is 3.50. The average Bonchev–Trinajstić information content (AvgIpc) is 2.93. The summed E-state index contributed by atoms with van der Waals surface area (Å²) in [4.78, 5) is 15.1. The number of thioether (sulfide) groups is 1. The number of aromatic nitrogens is 1. The maximum absolute atomic E-state index is 12.1. The predicted octanol–water partition coefficient (Wildman–Crippen LogP) is 3.29. The molecule has 112 valence electrons. The van der Waals surface area contributed by atoms with E-state index >= 15 is 0 Å². The maximum atomic E-state index is 12.1. The first-order valence-corrected chi connectivity index (χ1v) is 8.77. The smallest absolute Gasteiger partial charge is 0.252 e. The van der Waals surface area contributed by atoms with Crippen LogP contribution >= 0.6 is 11.8 Å². The lowest BCUT2D eigenvalue weighted by Gasteiger charge is -2.13. The highest BCUT2D eigenvalue weighted by Crippen LogP contribution is 2.29. The van der Waals surface area contributed by atoms with Gasteiger partial charge in [-0.1, -0.05) is 25.1 Å². The molecule has 2 N–H and O–H groups in total. The van der Waals surface area contributed by atoms with Crippen LogP contribution in [-0.4, -0.2) is 22.0 Å². The quantitative estimate of drug-likeness (QED) is 0.891. The van der Waals surface area contributed by atoms with Gasteiger partial charge in [0.05, 0.1) is 0 Å². The fourth-order valence-corrected chi connectivity index (χ4v) is 4.23. The molecule has 0 saturated heterocycles. The van der Waals surface area contributed by atoms with E-state index in [0.29, 0.717) is 12.6 Å². The Balaban J connectivity index is 1.66. The highest BCUT2D eigenvalue weighted by atomic mass is 32.2. The number of benzene rings is 1. The lowest BCUT2D eigenvalue weighted by Crippen LogP contribution is -2.29. The van der Waals surface area contributed by atoms with Crippen LogP contribution in [0.4, 0.5) is 0 Å². The minimum absolute atomic E-state index is 0.0266. The topological polar surface area (TPSA) is 44.9 Å². The van der Waals surface area contributed by atoms with E-state index in [0.717, 1.165) is 21.7 Å². The highest BCUT2D eigenvalue weighted by Gasteiger charge is 2.24. The zero-order valence-electron chi connectivity index (χ0n) is 12.4. The molecule has 1 aromatic heterocycles. The third-order valence-electron chi connectivity index (χ3n) is 4.20. The molecule has 0 aliphatic heterocycles. The molecule has 1 fully saturated rings. The number of rotatable bonds is 5. The number of para-hydroxylation sites is 1. The van der Waals surface area contributed by atoms with Crippen LogP contribution in [0, 0.1) is 0 Å². The monoisotopic (exact) mass is 302 g/mol. The SMILES string of the molecule is CCSC1CCC(NCc2cc3ccccc3[nH]c2=O)C1. The van der Waals surface area contributed by atoms with Gasteiger partial charge in [-0.3, -0.25) is 4.79 Å². The summed E-state index contributed by atoms with van der Waals surface area (Å²) in [7, 11) is 0. The molecule has 0 spiro atoms. The summed E-state index contributed by atoms with van der Waals surface area (Å²) in [6, 6.07) is 10.5. The molecule has 3 rings (SSSR count). The standard InChI is InChI=1S/C17H22N2OS/c1-2-21-15-8-7-14(10-15)18-11-13-9-12-5-3-4-6-16(12)19-17(13)20/h3-6,9,14-15,18H,2,7-8,10-11H2,1H3,(H,19,20). The second-order valence-electron chi connectivity index (χ2n) is 5.68. The van der Waals surface area contributed by atoms with Gasteiger partial charge in [0.25, 0.3) is 5.56 Å². The highest BCUT2D eigenvalue weighted by molar-refractivity contribution is 7.99. The van der Waals surface area contributed by atoms with E-state index in [4.69, 9.17) is 0 Å². The van der Waals surface area contributed by atoms with Gasteiger partial charge in [-0.2, -0.15) is 11.8 Å². The first-order chi connectivity index (χ1) is 10.3. The Kier molecular flexibility index (Phi) is 4.66. The Hall–Kier alpha value is -1.26. The number of hydrogen-bond donors (Lipinski definition) is 2. The van der Waals surface area contributed by atoms with E-state index in [9.17, 15) is 4.79 Å². The van der Waals surface area contributed by atoms with Crippen LogP contribution in [0.15, 0.2) is 35.1 Å². The van der Waals surface area contributed by atoms with Gasteiger partial charge in [0.2, 0.25) is 0 Å². The Bertz CT molecular complexity index is 667. The van der Waals surface area contributed by atoms with Crippen LogP contribution in [0.3, 0.4) is 0 Å². The second-order valence-corrected chi connectivity index (χ2v) is 7.26. The van der Waals surface area contributed by atoms with Crippen molar-refractivity contribution in [2.75, 3.05) is 5.75 Å². The summed E-state index contributed by atoms with van der Waals surface area (Å²) >= 11 is 2.06. The van der Waals surface area contributed by atoms with Crippen molar-refractivity contribution in [3.8, 4) is 0 Å². The molecular formula is C17H22N2OS. The lowest BCUT2D eigenvalue weighted by molar-refractivity contribution is 0.523.